The van der Waals surface area contributed by atoms with Crippen LogP contribution in [0.15, 0.2) is 11.8 Å². The van der Waals surface area contributed by atoms with Crippen molar-refractivity contribution in [1.82, 2.24) is 5.32 Å². The van der Waals surface area contributed by atoms with Crippen LogP contribution in [-0.4, -0.2) is 27.0 Å². The van der Waals surface area contributed by atoms with Crippen molar-refractivity contribution in [2.75, 3.05) is 13.1 Å². The molecule has 1 fully saturated rings. The highest BCUT2D eigenvalue weighted by atomic mass is 32.2. The van der Waals surface area contributed by atoms with Crippen LogP contribution in [0.2, 0.25) is 0 Å². The van der Waals surface area contributed by atoms with Gasteiger partial charge in [-0.15, -0.1) is 0 Å². The van der Waals surface area contributed by atoms with Gasteiger partial charge in [0, 0.05) is 18.5 Å². The molecule has 1 aliphatic carbocycles. The van der Waals surface area contributed by atoms with E-state index in [9.17, 15) is 21.6 Å². The minimum atomic E-state index is -5.57. The fourth-order valence-corrected chi connectivity index (χ4v) is 3.30. The van der Waals surface area contributed by atoms with E-state index in [2.05, 4.69) is 9.50 Å². The van der Waals surface area contributed by atoms with Crippen molar-refractivity contribution in [1.29, 1.82) is 0 Å². The number of alkyl halides is 3. The maximum atomic E-state index is 12.4. The molecule has 1 aliphatic heterocycles. The normalized spacial score (nSPS) is 24.1. The van der Waals surface area contributed by atoms with E-state index in [4.69, 9.17) is 0 Å². The summed E-state index contributed by atoms with van der Waals surface area (Å²) in [6, 6.07) is 0. The number of hydrogen-bond donors (Lipinski definition) is 1. The first-order chi connectivity index (χ1) is 8.77. The molecule has 0 aromatic carbocycles. The Morgan fingerprint density at radius 3 is 2.42 bits per heavy atom. The van der Waals surface area contributed by atoms with Crippen molar-refractivity contribution in [3.63, 3.8) is 0 Å². The zero-order valence-electron chi connectivity index (χ0n) is 10.3. The molecular weight excluding hydrogens is 283 g/mol. The van der Waals surface area contributed by atoms with Crippen LogP contribution in [0, 0.1) is 5.41 Å². The molecule has 1 saturated carbocycles. The molecule has 4 nitrogen and oxygen atoms in total. The molecule has 0 unspecified atom stereocenters. The molecule has 0 bridgehead atoms. The zero-order chi connectivity index (χ0) is 14.1. The van der Waals surface area contributed by atoms with Crippen molar-refractivity contribution < 1.29 is 25.8 Å². The van der Waals surface area contributed by atoms with E-state index in [-0.39, 0.29) is 5.76 Å². The predicted molar refractivity (Wildman–Crippen MR) is 62.5 cm³/mol. The van der Waals surface area contributed by atoms with Gasteiger partial charge in [0.25, 0.3) is 0 Å². The molecule has 19 heavy (non-hydrogen) atoms. The molecule has 0 aromatic heterocycles. The quantitative estimate of drug-likeness (QED) is 0.628. The average molecular weight is 299 g/mol. The van der Waals surface area contributed by atoms with Gasteiger partial charge >= 0.3 is 15.6 Å². The molecule has 0 radical (unpaired) electrons. The lowest BCUT2D eigenvalue weighted by Crippen LogP contribution is -2.43. The molecule has 1 spiro atoms. The van der Waals surface area contributed by atoms with Crippen LogP contribution in [0.1, 0.15) is 32.1 Å². The molecule has 8 heteroatoms. The van der Waals surface area contributed by atoms with Gasteiger partial charge in [0.05, 0.1) is 0 Å². The van der Waals surface area contributed by atoms with E-state index in [1.807, 2.05) is 0 Å². The third kappa shape index (κ3) is 2.89. The van der Waals surface area contributed by atoms with Gasteiger partial charge in [0.15, 0.2) is 0 Å². The van der Waals surface area contributed by atoms with Crippen molar-refractivity contribution in [2.24, 2.45) is 5.41 Å². The third-order valence-electron chi connectivity index (χ3n) is 3.71. The standard InChI is InChI=1S/C11H16F3NO3S/c12-11(13,14)19(16,17)18-9-4-7-15-8-10(9)5-2-1-3-6-10/h4,15H,1-3,5-8H2. The highest BCUT2D eigenvalue weighted by Gasteiger charge is 2.51. The van der Waals surface area contributed by atoms with E-state index in [1.54, 1.807) is 0 Å². The largest absolute Gasteiger partial charge is 0.534 e. The average Bonchev–Trinajstić information content (AvgIpc) is 2.32. The van der Waals surface area contributed by atoms with E-state index in [0.29, 0.717) is 25.9 Å². The highest BCUT2D eigenvalue weighted by Crippen LogP contribution is 2.45. The topological polar surface area (TPSA) is 55.4 Å². The smallest absolute Gasteiger partial charge is 0.380 e. The fourth-order valence-electron chi connectivity index (χ4n) is 2.72. The van der Waals surface area contributed by atoms with E-state index < -0.39 is 21.0 Å². The Balaban J connectivity index is 2.24. The first-order valence-electron chi connectivity index (χ1n) is 6.19. The van der Waals surface area contributed by atoms with E-state index >= 15 is 0 Å². The van der Waals surface area contributed by atoms with E-state index in [0.717, 1.165) is 19.3 Å². The lowest BCUT2D eigenvalue weighted by molar-refractivity contribution is -0.0539. The summed E-state index contributed by atoms with van der Waals surface area (Å²) in [6.07, 6.45) is 5.47. The lowest BCUT2D eigenvalue weighted by atomic mass is 9.71. The third-order valence-corrected chi connectivity index (χ3v) is 4.68. The molecule has 110 valence electrons. The second-order valence-electron chi connectivity index (χ2n) is 5.02. The summed E-state index contributed by atoms with van der Waals surface area (Å²) in [7, 11) is -5.57. The Morgan fingerprint density at radius 2 is 1.84 bits per heavy atom. The van der Waals surface area contributed by atoms with E-state index in [1.165, 1.54) is 6.08 Å². The van der Waals surface area contributed by atoms with Gasteiger partial charge in [-0.05, 0) is 18.9 Å². The SMILES string of the molecule is O=S(=O)(OC1=CCNCC12CCCCC2)C(F)(F)F. The van der Waals surface area contributed by atoms with Crippen molar-refractivity contribution in [3.05, 3.63) is 11.8 Å². The van der Waals surface area contributed by atoms with Crippen LogP contribution in [0.25, 0.3) is 0 Å². The number of nitrogens with one attached hydrogen (secondary N) is 1. The first-order valence-corrected chi connectivity index (χ1v) is 7.60. The summed E-state index contributed by atoms with van der Waals surface area (Å²) in [5.74, 6) is -0.0386. The van der Waals surface area contributed by atoms with Gasteiger partial charge in [-0.2, -0.15) is 21.6 Å². The van der Waals surface area contributed by atoms with Crippen LogP contribution >= 0.6 is 0 Å². The Bertz CT molecular complexity index is 464. The monoisotopic (exact) mass is 299 g/mol. The van der Waals surface area contributed by atoms with Gasteiger partial charge in [0.1, 0.15) is 5.76 Å². The van der Waals surface area contributed by atoms with Crippen LogP contribution in [0.3, 0.4) is 0 Å². The summed E-state index contributed by atoms with van der Waals surface area (Å²) in [4.78, 5) is 0. The maximum Gasteiger partial charge on any atom is 0.534 e. The van der Waals surface area contributed by atoms with Gasteiger partial charge in [0.2, 0.25) is 0 Å². The molecule has 0 atom stereocenters. The van der Waals surface area contributed by atoms with Crippen molar-refractivity contribution >= 4 is 10.1 Å². The minimum Gasteiger partial charge on any atom is -0.380 e. The second kappa shape index (κ2) is 4.97. The summed E-state index contributed by atoms with van der Waals surface area (Å²) < 4.78 is 63.8. The number of halogens is 3. The van der Waals surface area contributed by atoms with Crippen molar-refractivity contribution in [2.45, 2.75) is 37.6 Å². The molecule has 0 saturated heterocycles. The molecule has 1 heterocycles. The lowest BCUT2D eigenvalue weighted by Gasteiger charge is -2.40. The highest BCUT2D eigenvalue weighted by molar-refractivity contribution is 7.87. The Labute approximate surface area is 110 Å². The zero-order valence-corrected chi connectivity index (χ0v) is 11.1. The van der Waals surface area contributed by atoms with Gasteiger partial charge in [-0.25, -0.2) is 0 Å². The second-order valence-corrected chi connectivity index (χ2v) is 6.56. The summed E-state index contributed by atoms with van der Waals surface area (Å²) in [6.45, 7) is 0.788. The summed E-state index contributed by atoms with van der Waals surface area (Å²) in [5, 5.41) is 3.07. The molecule has 1 N–H and O–H groups in total. The number of hydrogen-bond acceptors (Lipinski definition) is 4. The van der Waals surface area contributed by atoms with Gasteiger partial charge < -0.3 is 9.50 Å². The van der Waals surface area contributed by atoms with Crippen LogP contribution in [0.5, 0.6) is 0 Å². The summed E-state index contributed by atoms with van der Waals surface area (Å²) >= 11 is 0. The molecular formula is C11H16F3NO3S. The number of rotatable bonds is 2. The van der Waals surface area contributed by atoms with Gasteiger partial charge in [-0.3, -0.25) is 0 Å². The minimum absolute atomic E-state index is 0.0386. The molecule has 2 rings (SSSR count). The van der Waals surface area contributed by atoms with Gasteiger partial charge in [-0.1, -0.05) is 19.3 Å². The fraction of sp³-hybridized carbons (Fsp3) is 0.818. The molecule has 2 aliphatic rings. The summed E-state index contributed by atoms with van der Waals surface area (Å²) in [5.41, 5.74) is -5.98. The Kier molecular flexibility index (Phi) is 3.83. The van der Waals surface area contributed by atoms with Crippen LogP contribution < -0.4 is 5.32 Å². The molecule has 0 aromatic rings. The predicted octanol–water partition coefficient (Wildman–Crippen LogP) is 2.29. The Hall–Kier alpha value is -0.760. The van der Waals surface area contributed by atoms with Crippen LogP contribution in [0.4, 0.5) is 13.2 Å². The molecule has 0 amide bonds. The van der Waals surface area contributed by atoms with Crippen LogP contribution in [-0.2, 0) is 14.3 Å². The van der Waals surface area contributed by atoms with Crippen molar-refractivity contribution in [3.8, 4) is 0 Å². The Morgan fingerprint density at radius 1 is 1.21 bits per heavy atom. The first kappa shape index (κ1) is 14.6. The maximum absolute atomic E-state index is 12.4.